The summed E-state index contributed by atoms with van der Waals surface area (Å²) in [7, 11) is 0. The quantitative estimate of drug-likeness (QED) is 0.905. The fraction of sp³-hybridized carbons (Fsp3) is 0.600. The topological polar surface area (TPSA) is 24.5 Å². The van der Waals surface area contributed by atoms with Crippen molar-refractivity contribution in [1.29, 1.82) is 0 Å². The largest absolute Gasteiger partial charge is 0.416 e. The Labute approximate surface area is 123 Å². The lowest BCUT2D eigenvalue weighted by Gasteiger charge is -2.27. The molecule has 1 N–H and O–H groups in total. The molecule has 1 aromatic rings. The number of alkyl halides is 3. The molecular weight excluding hydrogens is 281 g/mol. The van der Waals surface area contributed by atoms with Crippen LogP contribution in [-0.2, 0) is 10.9 Å². The van der Waals surface area contributed by atoms with Crippen LogP contribution < -0.4 is 5.32 Å². The van der Waals surface area contributed by atoms with E-state index in [0.29, 0.717) is 0 Å². The van der Waals surface area contributed by atoms with Crippen molar-refractivity contribution in [2.75, 3.05) is 39.4 Å². The first-order chi connectivity index (χ1) is 9.97. The van der Waals surface area contributed by atoms with Crippen LogP contribution in [0.3, 0.4) is 0 Å². The number of hydrogen-bond donors (Lipinski definition) is 1. The monoisotopic (exact) mass is 302 g/mol. The summed E-state index contributed by atoms with van der Waals surface area (Å²) in [6.07, 6.45) is -4.27. The molecule has 3 nitrogen and oxygen atoms in total. The Kier molecular flexibility index (Phi) is 5.61. The predicted octanol–water partition coefficient (Wildman–Crippen LogP) is 2.69. The molecule has 1 aliphatic rings. The molecule has 0 saturated carbocycles. The molecule has 1 fully saturated rings. The summed E-state index contributed by atoms with van der Waals surface area (Å²) in [5, 5.41) is 3.34. The van der Waals surface area contributed by atoms with Crippen molar-refractivity contribution in [3.05, 3.63) is 35.4 Å². The molecule has 0 aliphatic carbocycles. The van der Waals surface area contributed by atoms with E-state index in [2.05, 4.69) is 10.2 Å². The molecule has 1 saturated heterocycles. The number of nitrogens with one attached hydrogen (secondary N) is 1. The summed E-state index contributed by atoms with van der Waals surface area (Å²) in [6.45, 7) is 7.12. The molecule has 118 valence electrons. The van der Waals surface area contributed by atoms with Gasteiger partial charge in [-0.25, -0.2) is 0 Å². The number of halogens is 3. The van der Waals surface area contributed by atoms with Gasteiger partial charge < -0.3 is 10.1 Å². The highest BCUT2D eigenvalue weighted by Gasteiger charge is 2.30. The van der Waals surface area contributed by atoms with E-state index in [4.69, 9.17) is 4.74 Å². The van der Waals surface area contributed by atoms with Gasteiger partial charge in [-0.2, -0.15) is 13.2 Å². The number of benzene rings is 1. The van der Waals surface area contributed by atoms with Crippen LogP contribution >= 0.6 is 0 Å². The normalized spacial score (nSPS) is 18.7. The van der Waals surface area contributed by atoms with Crippen molar-refractivity contribution >= 4 is 0 Å². The van der Waals surface area contributed by atoms with E-state index in [0.717, 1.165) is 57.1 Å². The van der Waals surface area contributed by atoms with Crippen LogP contribution in [0.4, 0.5) is 13.2 Å². The first-order valence-electron chi connectivity index (χ1n) is 7.17. The average molecular weight is 302 g/mol. The summed E-state index contributed by atoms with van der Waals surface area (Å²) >= 11 is 0. The second-order valence-corrected chi connectivity index (χ2v) is 5.25. The second-order valence-electron chi connectivity index (χ2n) is 5.25. The molecule has 0 spiro atoms. The Morgan fingerprint density at radius 2 is 1.81 bits per heavy atom. The molecule has 2 rings (SSSR count). The van der Waals surface area contributed by atoms with Gasteiger partial charge in [0.05, 0.1) is 18.8 Å². The Hall–Kier alpha value is -1.11. The van der Waals surface area contributed by atoms with E-state index in [-0.39, 0.29) is 6.04 Å². The van der Waals surface area contributed by atoms with Gasteiger partial charge >= 0.3 is 6.18 Å². The molecule has 0 amide bonds. The van der Waals surface area contributed by atoms with Crippen LogP contribution in [0, 0.1) is 0 Å². The number of rotatable bonds is 5. The SMILES string of the molecule is CC(NCCN1CCOCC1)c1ccc(C(F)(F)F)cc1. The van der Waals surface area contributed by atoms with Crippen molar-refractivity contribution in [3.63, 3.8) is 0 Å². The fourth-order valence-corrected chi connectivity index (χ4v) is 2.34. The van der Waals surface area contributed by atoms with Gasteiger partial charge in [0.2, 0.25) is 0 Å². The fourth-order valence-electron chi connectivity index (χ4n) is 2.34. The lowest BCUT2D eigenvalue weighted by Crippen LogP contribution is -2.40. The second kappa shape index (κ2) is 7.24. The van der Waals surface area contributed by atoms with Gasteiger partial charge in [-0.1, -0.05) is 12.1 Å². The molecule has 0 aromatic heterocycles. The Bertz CT molecular complexity index is 428. The first-order valence-corrected chi connectivity index (χ1v) is 7.17. The molecular formula is C15H21F3N2O. The molecule has 1 aliphatic heterocycles. The van der Waals surface area contributed by atoms with E-state index >= 15 is 0 Å². The van der Waals surface area contributed by atoms with E-state index in [1.54, 1.807) is 0 Å². The van der Waals surface area contributed by atoms with Crippen LogP contribution in [0.5, 0.6) is 0 Å². The maximum atomic E-state index is 12.5. The first kappa shape index (κ1) is 16.3. The lowest BCUT2D eigenvalue weighted by atomic mass is 10.1. The molecule has 21 heavy (non-hydrogen) atoms. The van der Waals surface area contributed by atoms with Crippen molar-refractivity contribution in [1.82, 2.24) is 10.2 Å². The van der Waals surface area contributed by atoms with Crippen LogP contribution in [0.2, 0.25) is 0 Å². The van der Waals surface area contributed by atoms with Gasteiger partial charge in [-0.05, 0) is 24.6 Å². The smallest absolute Gasteiger partial charge is 0.379 e. The summed E-state index contributed by atoms with van der Waals surface area (Å²) in [6, 6.07) is 5.38. The van der Waals surface area contributed by atoms with Crippen molar-refractivity contribution < 1.29 is 17.9 Å². The summed E-state index contributed by atoms with van der Waals surface area (Å²) in [5.74, 6) is 0. The Morgan fingerprint density at radius 3 is 2.38 bits per heavy atom. The van der Waals surface area contributed by atoms with Crippen molar-refractivity contribution in [2.45, 2.75) is 19.1 Å². The van der Waals surface area contributed by atoms with Crippen LogP contribution in [0.1, 0.15) is 24.1 Å². The Morgan fingerprint density at radius 1 is 1.19 bits per heavy atom. The van der Waals surface area contributed by atoms with Crippen LogP contribution in [-0.4, -0.2) is 44.3 Å². The maximum absolute atomic E-state index is 12.5. The third-order valence-corrected chi connectivity index (χ3v) is 3.72. The van der Waals surface area contributed by atoms with Gasteiger partial charge in [-0.15, -0.1) is 0 Å². The van der Waals surface area contributed by atoms with Crippen LogP contribution in [0.15, 0.2) is 24.3 Å². The minimum absolute atomic E-state index is 0.0355. The Balaban J connectivity index is 1.78. The highest BCUT2D eigenvalue weighted by molar-refractivity contribution is 5.26. The zero-order chi connectivity index (χ0) is 15.3. The molecule has 0 radical (unpaired) electrons. The highest BCUT2D eigenvalue weighted by Crippen LogP contribution is 2.29. The van der Waals surface area contributed by atoms with Gasteiger partial charge in [0, 0.05) is 32.2 Å². The van der Waals surface area contributed by atoms with Gasteiger partial charge in [0.1, 0.15) is 0 Å². The zero-order valence-electron chi connectivity index (χ0n) is 12.1. The molecule has 1 heterocycles. The molecule has 1 unspecified atom stereocenters. The number of nitrogens with zero attached hydrogens (tertiary/aromatic N) is 1. The lowest BCUT2D eigenvalue weighted by molar-refractivity contribution is -0.137. The number of ether oxygens (including phenoxy) is 1. The number of morpholine rings is 1. The van der Waals surface area contributed by atoms with Crippen molar-refractivity contribution in [2.24, 2.45) is 0 Å². The van der Waals surface area contributed by atoms with E-state index in [1.807, 2.05) is 6.92 Å². The molecule has 1 atom stereocenters. The van der Waals surface area contributed by atoms with Crippen molar-refractivity contribution in [3.8, 4) is 0 Å². The number of hydrogen-bond acceptors (Lipinski definition) is 3. The minimum Gasteiger partial charge on any atom is -0.379 e. The molecule has 1 aromatic carbocycles. The molecule has 6 heteroatoms. The van der Waals surface area contributed by atoms with E-state index in [9.17, 15) is 13.2 Å². The zero-order valence-corrected chi connectivity index (χ0v) is 12.1. The summed E-state index contributed by atoms with van der Waals surface area (Å²) < 4.78 is 42.8. The summed E-state index contributed by atoms with van der Waals surface area (Å²) in [5.41, 5.74) is 0.261. The highest BCUT2D eigenvalue weighted by atomic mass is 19.4. The third-order valence-electron chi connectivity index (χ3n) is 3.72. The van der Waals surface area contributed by atoms with Gasteiger partial charge in [0.25, 0.3) is 0 Å². The average Bonchev–Trinajstić information content (AvgIpc) is 2.47. The molecule has 0 bridgehead atoms. The standard InChI is InChI=1S/C15H21F3N2O/c1-12(19-6-7-20-8-10-21-11-9-20)13-2-4-14(5-3-13)15(16,17)18/h2-5,12,19H,6-11H2,1H3. The van der Waals surface area contributed by atoms with Gasteiger partial charge in [0.15, 0.2) is 0 Å². The minimum atomic E-state index is -4.27. The predicted molar refractivity (Wildman–Crippen MR) is 75.1 cm³/mol. The van der Waals surface area contributed by atoms with E-state index < -0.39 is 11.7 Å². The van der Waals surface area contributed by atoms with Crippen LogP contribution in [0.25, 0.3) is 0 Å². The summed E-state index contributed by atoms with van der Waals surface area (Å²) in [4.78, 5) is 2.32. The van der Waals surface area contributed by atoms with Gasteiger partial charge in [-0.3, -0.25) is 4.90 Å². The maximum Gasteiger partial charge on any atom is 0.416 e. The van der Waals surface area contributed by atoms with E-state index in [1.165, 1.54) is 12.1 Å². The third kappa shape index (κ3) is 4.98.